The number of anilines is 1. The van der Waals surface area contributed by atoms with Gasteiger partial charge in [0.2, 0.25) is 0 Å². The molecular weight excluding hydrogens is 268 g/mol. The molecule has 5 nitrogen and oxygen atoms in total. The fraction of sp³-hybridized carbons (Fsp3) is 0.188. The van der Waals surface area contributed by atoms with Gasteiger partial charge in [0.1, 0.15) is 17.9 Å². The van der Waals surface area contributed by atoms with Gasteiger partial charge in [-0.05, 0) is 36.8 Å². The van der Waals surface area contributed by atoms with Crippen molar-refractivity contribution in [2.24, 2.45) is 0 Å². The fourth-order valence-electron chi connectivity index (χ4n) is 2.31. The smallest absolute Gasteiger partial charge is 0.420 e. The van der Waals surface area contributed by atoms with E-state index in [1.807, 2.05) is 31.2 Å². The van der Waals surface area contributed by atoms with Gasteiger partial charge in [-0.1, -0.05) is 18.2 Å². The number of nitrogens with two attached hydrogens (primary N) is 1. The Morgan fingerprint density at radius 3 is 2.86 bits per heavy atom. The summed E-state index contributed by atoms with van der Waals surface area (Å²) in [6.07, 6.45) is 0. The number of hydrogen-bond donors (Lipinski definition) is 1. The Bertz CT molecular complexity index is 833. The van der Waals surface area contributed by atoms with E-state index >= 15 is 0 Å². The summed E-state index contributed by atoms with van der Waals surface area (Å²) in [5.74, 6) is 0.361. The maximum atomic E-state index is 11.9. The van der Waals surface area contributed by atoms with E-state index in [9.17, 15) is 4.79 Å². The van der Waals surface area contributed by atoms with Crippen molar-refractivity contribution in [3.63, 3.8) is 0 Å². The van der Waals surface area contributed by atoms with Crippen molar-refractivity contribution in [2.45, 2.75) is 13.5 Å². The van der Waals surface area contributed by atoms with Gasteiger partial charge in [-0.3, -0.25) is 4.57 Å². The number of oxazole rings is 1. The molecule has 0 aliphatic heterocycles. The molecule has 0 aliphatic rings. The molecule has 1 aromatic heterocycles. The number of aromatic nitrogens is 1. The molecule has 3 aromatic rings. The first kappa shape index (κ1) is 13.3. The van der Waals surface area contributed by atoms with Crippen LogP contribution in [0.4, 0.5) is 5.69 Å². The molecule has 2 N–H and O–H groups in total. The third-order valence-electron chi connectivity index (χ3n) is 3.29. The van der Waals surface area contributed by atoms with Gasteiger partial charge < -0.3 is 14.9 Å². The van der Waals surface area contributed by atoms with E-state index in [1.165, 1.54) is 4.57 Å². The van der Waals surface area contributed by atoms with Gasteiger partial charge in [-0.25, -0.2) is 4.79 Å². The third-order valence-corrected chi connectivity index (χ3v) is 3.29. The highest BCUT2D eigenvalue weighted by atomic mass is 16.5. The van der Waals surface area contributed by atoms with Crippen molar-refractivity contribution in [2.75, 3.05) is 12.3 Å². The summed E-state index contributed by atoms with van der Waals surface area (Å²) in [7, 11) is 0. The van der Waals surface area contributed by atoms with Crippen LogP contribution in [0, 0.1) is 6.92 Å². The van der Waals surface area contributed by atoms with Gasteiger partial charge >= 0.3 is 5.76 Å². The second-order valence-electron chi connectivity index (χ2n) is 4.88. The number of nitrogen functional groups attached to an aromatic ring is 1. The zero-order chi connectivity index (χ0) is 14.8. The Labute approximate surface area is 121 Å². The molecule has 2 aromatic carbocycles. The zero-order valence-corrected chi connectivity index (χ0v) is 11.7. The number of rotatable bonds is 4. The Kier molecular flexibility index (Phi) is 3.39. The topological polar surface area (TPSA) is 70.4 Å². The lowest BCUT2D eigenvalue weighted by molar-refractivity contribution is 0.294. The van der Waals surface area contributed by atoms with Crippen molar-refractivity contribution in [1.82, 2.24) is 4.57 Å². The van der Waals surface area contributed by atoms with Crippen LogP contribution in [0.1, 0.15) is 5.56 Å². The number of nitrogens with zero attached hydrogens (tertiary/aromatic N) is 1. The van der Waals surface area contributed by atoms with E-state index in [-0.39, 0.29) is 0 Å². The highest BCUT2D eigenvalue weighted by Gasteiger charge is 2.11. The molecule has 0 saturated heterocycles. The molecule has 0 spiro atoms. The van der Waals surface area contributed by atoms with Crippen LogP contribution in [-0.2, 0) is 6.54 Å². The number of hydrogen-bond acceptors (Lipinski definition) is 4. The second kappa shape index (κ2) is 5.36. The van der Waals surface area contributed by atoms with E-state index in [2.05, 4.69) is 0 Å². The SMILES string of the molecule is Cc1cccc(OCCn2c(=O)oc3cccc(N)c32)c1. The molecule has 0 unspecified atom stereocenters. The Balaban J connectivity index is 1.80. The standard InChI is InChI=1S/C16H16N2O3/c1-11-4-2-5-12(10-11)20-9-8-18-15-13(17)6-3-7-14(15)21-16(18)19/h2-7,10H,8-9,17H2,1H3. The van der Waals surface area contributed by atoms with E-state index in [1.54, 1.807) is 18.2 Å². The van der Waals surface area contributed by atoms with Crippen molar-refractivity contribution >= 4 is 16.8 Å². The summed E-state index contributed by atoms with van der Waals surface area (Å²) in [6, 6.07) is 13.0. The molecule has 0 radical (unpaired) electrons. The monoisotopic (exact) mass is 284 g/mol. The molecule has 0 aliphatic carbocycles. The van der Waals surface area contributed by atoms with Gasteiger partial charge in [0, 0.05) is 0 Å². The van der Waals surface area contributed by atoms with Crippen LogP contribution in [0.15, 0.2) is 51.7 Å². The van der Waals surface area contributed by atoms with Gasteiger partial charge in [0.05, 0.1) is 12.2 Å². The van der Waals surface area contributed by atoms with Crippen molar-refractivity contribution in [1.29, 1.82) is 0 Å². The predicted octanol–water partition coefficient (Wildman–Crippen LogP) is 2.56. The minimum Gasteiger partial charge on any atom is -0.492 e. The fourth-order valence-corrected chi connectivity index (χ4v) is 2.31. The van der Waals surface area contributed by atoms with Crippen LogP contribution >= 0.6 is 0 Å². The van der Waals surface area contributed by atoms with Crippen molar-refractivity contribution < 1.29 is 9.15 Å². The molecule has 0 saturated carbocycles. The Morgan fingerprint density at radius 1 is 1.24 bits per heavy atom. The average molecular weight is 284 g/mol. The van der Waals surface area contributed by atoms with Crippen LogP contribution in [-0.4, -0.2) is 11.2 Å². The summed E-state index contributed by atoms with van der Waals surface area (Å²) in [5, 5.41) is 0. The largest absolute Gasteiger partial charge is 0.492 e. The van der Waals surface area contributed by atoms with E-state index in [0.29, 0.717) is 29.9 Å². The summed E-state index contributed by atoms with van der Waals surface area (Å²) in [4.78, 5) is 11.9. The lowest BCUT2D eigenvalue weighted by Crippen LogP contribution is -2.19. The number of aryl methyl sites for hydroxylation is 1. The minimum atomic E-state index is -0.421. The second-order valence-corrected chi connectivity index (χ2v) is 4.88. The van der Waals surface area contributed by atoms with Crippen molar-refractivity contribution in [3.05, 3.63) is 58.6 Å². The van der Waals surface area contributed by atoms with Crippen LogP contribution in [0.2, 0.25) is 0 Å². The van der Waals surface area contributed by atoms with Crippen LogP contribution in [0.25, 0.3) is 11.1 Å². The minimum absolute atomic E-state index is 0.367. The van der Waals surface area contributed by atoms with Crippen molar-refractivity contribution in [3.8, 4) is 5.75 Å². The molecule has 0 amide bonds. The Morgan fingerprint density at radius 2 is 2.05 bits per heavy atom. The summed E-state index contributed by atoms with van der Waals surface area (Å²) in [6.45, 7) is 2.75. The van der Waals surface area contributed by atoms with E-state index in [4.69, 9.17) is 14.9 Å². The molecule has 108 valence electrons. The molecular formula is C16H16N2O3. The van der Waals surface area contributed by atoms with Gasteiger partial charge in [0.25, 0.3) is 0 Å². The maximum absolute atomic E-state index is 11.9. The third kappa shape index (κ3) is 2.63. The number of benzene rings is 2. The molecule has 0 atom stereocenters. The maximum Gasteiger partial charge on any atom is 0.420 e. The normalized spacial score (nSPS) is 10.9. The molecule has 0 bridgehead atoms. The van der Waals surface area contributed by atoms with Gasteiger partial charge in [0.15, 0.2) is 5.58 Å². The molecule has 0 fully saturated rings. The highest BCUT2D eigenvalue weighted by molar-refractivity contribution is 5.85. The molecule has 5 heteroatoms. The number of fused-ring (bicyclic) bond motifs is 1. The van der Waals surface area contributed by atoms with Crippen LogP contribution in [0.3, 0.4) is 0 Å². The predicted molar refractivity (Wildman–Crippen MR) is 81.6 cm³/mol. The van der Waals surface area contributed by atoms with Crippen LogP contribution < -0.4 is 16.2 Å². The molecule has 1 heterocycles. The Hall–Kier alpha value is -2.69. The summed E-state index contributed by atoms with van der Waals surface area (Å²) in [5.41, 5.74) is 8.68. The summed E-state index contributed by atoms with van der Waals surface area (Å²) >= 11 is 0. The lowest BCUT2D eigenvalue weighted by atomic mass is 10.2. The average Bonchev–Trinajstić information content (AvgIpc) is 2.76. The molecule has 3 rings (SSSR count). The quantitative estimate of drug-likeness (QED) is 0.747. The number of para-hydroxylation sites is 1. The van der Waals surface area contributed by atoms with E-state index < -0.39 is 5.76 Å². The van der Waals surface area contributed by atoms with Gasteiger partial charge in [-0.15, -0.1) is 0 Å². The van der Waals surface area contributed by atoms with Gasteiger partial charge in [-0.2, -0.15) is 0 Å². The summed E-state index contributed by atoms with van der Waals surface area (Å²) < 4.78 is 12.3. The first-order valence-electron chi connectivity index (χ1n) is 6.72. The van der Waals surface area contributed by atoms with E-state index in [0.717, 1.165) is 11.3 Å². The zero-order valence-electron chi connectivity index (χ0n) is 11.7. The first-order chi connectivity index (χ1) is 10.1. The number of ether oxygens (including phenoxy) is 1. The lowest BCUT2D eigenvalue weighted by Gasteiger charge is -2.07. The molecule has 21 heavy (non-hydrogen) atoms. The highest BCUT2D eigenvalue weighted by Crippen LogP contribution is 2.19. The first-order valence-corrected chi connectivity index (χ1v) is 6.72. The van der Waals surface area contributed by atoms with Crippen LogP contribution in [0.5, 0.6) is 5.75 Å².